The molecule has 18 heavy (non-hydrogen) atoms. The summed E-state index contributed by atoms with van der Waals surface area (Å²) in [5.74, 6) is 1.64. The minimum atomic E-state index is 0.754. The van der Waals surface area contributed by atoms with Gasteiger partial charge in [0.15, 0.2) is 5.82 Å². The fraction of sp³-hybridized carbons (Fsp3) is 0.231. The second-order valence-electron chi connectivity index (χ2n) is 3.74. The van der Waals surface area contributed by atoms with Crippen LogP contribution in [0, 0.1) is 3.57 Å². The van der Waals surface area contributed by atoms with Gasteiger partial charge in [0.1, 0.15) is 5.82 Å². The summed E-state index contributed by atoms with van der Waals surface area (Å²) in [5, 5.41) is 3.13. The van der Waals surface area contributed by atoms with Gasteiger partial charge in [-0.1, -0.05) is 41.1 Å². The summed E-state index contributed by atoms with van der Waals surface area (Å²) in [7, 11) is 1.88. The summed E-state index contributed by atoms with van der Waals surface area (Å²) >= 11 is 5.83. The monoisotopic (exact) mass is 417 g/mol. The molecule has 0 bridgehead atoms. The van der Waals surface area contributed by atoms with Gasteiger partial charge in [0.05, 0.1) is 9.26 Å². The Bertz CT molecular complexity index is 547. The zero-order valence-corrected chi connectivity index (χ0v) is 13.9. The molecule has 0 radical (unpaired) electrons. The van der Waals surface area contributed by atoms with Crippen molar-refractivity contribution in [1.29, 1.82) is 0 Å². The number of aromatic nitrogens is 2. The van der Waals surface area contributed by atoms with E-state index in [2.05, 4.69) is 60.7 Å². The predicted molar refractivity (Wildman–Crippen MR) is 86.8 cm³/mol. The molecule has 0 saturated carbocycles. The standard InChI is InChI=1S/C13H13BrIN3/c1-3-10-11(15)13(16-2)18-12(17-10)8-6-4-5-7-9(8)14/h4-7H,3H2,1-2H3,(H,16,17,18). The molecule has 1 N–H and O–H groups in total. The lowest BCUT2D eigenvalue weighted by molar-refractivity contribution is 0.989. The van der Waals surface area contributed by atoms with Gasteiger partial charge < -0.3 is 5.32 Å². The molecule has 0 saturated heterocycles. The van der Waals surface area contributed by atoms with E-state index in [1.54, 1.807) is 0 Å². The van der Waals surface area contributed by atoms with Gasteiger partial charge in [0.2, 0.25) is 0 Å². The molecule has 0 aliphatic carbocycles. The molecule has 0 atom stereocenters. The van der Waals surface area contributed by atoms with Crippen LogP contribution in [-0.2, 0) is 6.42 Å². The highest BCUT2D eigenvalue weighted by Crippen LogP contribution is 2.28. The molecular weight excluding hydrogens is 405 g/mol. The number of nitrogens with zero attached hydrogens (tertiary/aromatic N) is 2. The van der Waals surface area contributed by atoms with Crippen molar-refractivity contribution in [3.8, 4) is 11.4 Å². The lowest BCUT2D eigenvalue weighted by atomic mass is 10.2. The normalized spacial score (nSPS) is 10.4. The average Bonchev–Trinajstić information content (AvgIpc) is 2.40. The number of anilines is 1. The molecule has 1 aromatic carbocycles. The largest absolute Gasteiger partial charge is 0.372 e. The first kappa shape index (κ1) is 13.7. The molecule has 1 heterocycles. The van der Waals surface area contributed by atoms with Gasteiger partial charge in [-0.15, -0.1) is 0 Å². The molecule has 3 nitrogen and oxygen atoms in total. The van der Waals surface area contributed by atoms with Crippen molar-refractivity contribution in [2.45, 2.75) is 13.3 Å². The van der Waals surface area contributed by atoms with Gasteiger partial charge in [0.25, 0.3) is 0 Å². The van der Waals surface area contributed by atoms with Crippen molar-refractivity contribution >= 4 is 44.3 Å². The Morgan fingerprint density at radius 2 is 2.00 bits per heavy atom. The van der Waals surface area contributed by atoms with Crippen LogP contribution in [0.25, 0.3) is 11.4 Å². The van der Waals surface area contributed by atoms with Crippen molar-refractivity contribution in [1.82, 2.24) is 9.97 Å². The number of nitrogens with one attached hydrogen (secondary N) is 1. The highest BCUT2D eigenvalue weighted by Gasteiger charge is 2.12. The highest BCUT2D eigenvalue weighted by atomic mass is 127. The van der Waals surface area contributed by atoms with Crippen LogP contribution in [0.4, 0.5) is 5.82 Å². The second kappa shape index (κ2) is 5.97. The Labute approximate surface area is 129 Å². The Morgan fingerprint density at radius 3 is 2.61 bits per heavy atom. The molecule has 2 rings (SSSR count). The third-order valence-corrected chi connectivity index (χ3v) is 4.43. The molecule has 2 aromatic rings. The topological polar surface area (TPSA) is 37.8 Å². The van der Waals surface area contributed by atoms with Gasteiger partial charge in [0, 0.05) is 17.1 Å². The Morgan fingerprint density at radius 1 is 1.28 bits per heavy atom. The molecule has 0 aliphatic heterocycles. The lowest BCUT2D eigenvalue weighted by Crippen LogP contribution is -2.04. The Balaban J connectivity index is 2.62. The van der Waals surface area contributed by atoms with E-state index in [-0.39, 0.29) is 0 Å². The minimum Gasteiger partial charge on any atom is -0.372 e. The van der Waals surface area contributed by atoms with E-state index in [0.717, 1.165) is 37.4 Å². The van der Waals surface area contributed by atoms with Gasteiger partial charge in [-0.05, 0) is 35.1 Å². The summed E-state index contributed by atoms with van der Waals surface area (Å²) in [4.78, 5) is 9.21. The number of rotatable bonds is 3. The first-order valence-corrected chi connectivity index (χ1v) is 7.53. The summed E-state index contributed by atoms with van der Waals surface area (Å²) in [5.41, 5.74) is 2.08. The van der Waals surface area contributed by atoms with E-state index in [4.69, 9.17) is 0 Å². The van der Waals surface area contributed by atoms with E-state index in [9.17, 15) is 0 Å². The van der Waals surface area contributed by atoms with Crippen molar-refractivity contribution in [2.75, 3.05) is 12.4 Å². The first-order chi connectivity index (χ1) is 8.67. The maximum atomic E-state index is 4.64. The quantitative estimate of drug-likeness (QED) is 0.763. The Hall–Kier alpha value is -0.690. The van der Waals surface area contributed by atoms with Crippen LogP contribution >= 0.6 is 38.5 Å². The second-order valence-corrected chi connectivity index (χ2v) is 5.67. The number of hydrogen-bond acceptors (Lipinski definition) is 3. The van der Waals surface area contributed by atoms with Crippen LogP contribution < -0.4 is 5.32 Å². The van der Waals surface area contributed by atoms with Crippen LogP contribution in [0.3, 0.4) is 0 Å². The molecule has 0 fully saturated rings. The zero-order valence-electron chi connectivity index (χ0n) is 10.2. The van der Waals surface area contributed by atoms with Gasteiger partial charge in [-0.2, -0.15) is 0 Å². The summed E-state index contributed by atoms with van der Waals surface area (Å²) in [6.07, 6.45) is 0.896. The number of halogens is 2. The molecular formula is C13H13BrIN3. The number of benzene rings is 1. The summed E-state index contributed by atoms with van der Waals surface area (Å²) in [6.45, 7) is 2.10. The molecule has 0 aliphatic rings. The lowest BCUT2D eigenvalue weighted by Gasteiger charge is -2.11. The van der Waals surface area contributed by atoms with Gasteiger partial charge in [-0.25, -0.2) is 9.97 Å². The van der Waals surface area contributed by atoms with Crippen molar-refractivity contribution < 1.29 is 0 Å². The third-order valence-electron chi connectivity index (χ3n) is 2.61. The van der Waals surface area contributed by atoms with Gasteiger partial charge >= 0.3 is 0 Å². The fourth-order valence-electron chi connectivity index (χ4n) is 1.66. The van der Waals surface area contributed by atoms with Crippen molar-refractivity contribution in [3.05, 3.63) is 38.0 Å². The van der Waals surface area contributed by atoms with Gasteiger partial charge in [-0.3, -0.25) is 0 Å². The molecule has 0 unspecified atom stereocenters. The van der Waals surface area contributed by atoms with Crippen molar-refractivity contribution in [2.24, 2.45) is 0 Å². The highest BCUT2D eigenvalue weighted by molar-refractivity contribution is 14.1. The molecule has 0 spiro atoms. The van der Waals surface area contributed by atoms with Crippen LogP contribution in [0.2, 0.25) is 0 Å². The zero-order chi connectivity index (χ0) is 13.1. The third kappa shape index (κ3) is 2.66. The van der Waals surface area contributed by atoms with E-state index < -0.39 is 0 Å². The van der Waals surface area contributed by atoms with E-state index in [0.29, 0.717) is 0 Å². The van der Waals surface area contributed by atoms with Crippen LogP contribution in [0.5, 0.6) is 0 Å². The maximum Gasteiger partial charge on any atom is 0.162 e. The molecule has 1 aromatic heterocycles. The molecule has 5 heteroatoms. The van der Waals surface area contributed by atoms with Crippen molar-refractivity contribution in [3.63, 3.8) is 0 Å². The summed E-state index contributed by atoms with van der Waals surface area (Å²) < 4.78 is 2.10. The van der Waals surface area contributed by atoms with Crippen LogP contribution in [0.15, 0.2) is 28.7 Å². The van der Waals surface area contributed by atoms with E-state index in [1.807, 2.05) is 31.3 Å². The Kier molecular flexibility index (Phi) is 4.55. The number of aryl methyl sites for hydroxylation is 1. The smallest absolute Gasteiger partial charge is 0.162 e. The van der Waals surface area contributed by atoms with Crippen LogP contribution in [-0.4, -0.2) is 17.0 Å². The van der Waals surface area contributed by atoms with Crippen LogP contribution in [0.1, 0.15) is 12.6 Å². The predicted octanol–water partition coefficient (Wildman–Crippen LogP) is 4.11. The average molecular weight is 418 g/mol. The fourth-order valence-corrected chi connectivity index (χ4v) is 3.01. The number of hydrogen-bond donors (Lipinski definition) is 1. The first-order valence-electron chi connectivity index (χ1n) is 5.66. The molecule has 94 valence electrons. The maximum absolute atomic E-state index is 4.64. The SMILES string of the molecule is CCc1nc(-c2ccccc2Br)nc(NC)c1I. The van der Waals surface area contributed by atoms with E-state index >= 15 is 0 Å². The summed E-state index contributed by atoms with van der Waals surface area (Å²) in [6, 6.07) is 8.00. The molecule has 0 amide bonds. The van der Waals surface area contributed by atoms with E-state index in [1.165, 1.54) is 0 Å². The minimum absolute atomic E-state index is 0.754.